The van der Waals surface area contributed by atoms with Gasteiger partial charge in [0.15, 0.2) is 0 Å². The van der Waals surface area contributed by atoms with Crippen molar-refractivity contribution in [2.45, 2.75) is 19.0 Å². The third-order valence-electron chi connectivity index (χ3n) is 5.11. The van der Waals surface area contributed by atoms with Crippen molar-refractivity contribution in [3.8, 4) is 5.75 Å². The van der Waals surface area contributed by atoms with Gasteiger partial charge in [-0.2, -0.15) is 13.2 Å². The van der Waals surface area contributed by atoms with Gasteiger partial charge in [0.25, 0.3) is 0 Å². The van der Waals surface area contributed by atoms with E-state index in [2.05, 4.69) is 4.98 Å². The summed E-state index contributed by atoms with van der Waals surface area (Å²) in [4.78, 5) is 20.1. The lowest BCUT2D eigenvalue weighted by Gasteiger charge is -2.34. The Balaban J connectivity index is 1.49. The van der Waals surface area contributed by atoms with Crippen LogP contribution in [0.15, 0.2) is 42.6 Å². The maximum absolute atomic E-state index is 12.8. The first kappa shape index (κ1) is 22.2. The van der Waals surface area contributed by atoms with Crippen LogP contribution in [-0.2, 0) is 11.0 Å². The zero-order chi connectivity index (χ0) is 21.7. The van der Waals surface area contributed by atoms with Gasteiger partial charge < -0.3 is 14.5 Å². The van der Waals surface area contributed by atoms with E-state index in [0.29, 0.717) is 44.9 Å². The zero-order valence-corrected chi connectivity index (χ0v) is 17.3. The predicted molar refractivity (Wildman–Crippen MR) is 109 cm³/mol. The highest BCUT2D eigenvalue weighted by atomic mass is 35.5. The second-order valence-electron chi connectivity index (χ2n) is 7.21. The molecule has 2 aromatic rings. The number of nitrogens with zero attached hydrogens (tertiary/aromatic N) is 3. The molecule has 0 aliphatic carbocycles. The van der Waals surface area contributed by atoms with Crippen LogP contribution in [-0.4, -0.2) is 49.1 Å². The first-order valence-electron chi connectivity index (χ1n) is 9.66. The molecule has 5 nitrogen and oxygen atoms in total. The molecule has 1 aliphatic heterocycles. The molecule has 162 valence electrons. The van der Waals surface area contributed by atoms with Crippen LogP contribution in [0.2, 0.25) is 5.02 Å². The average molecular weight is 442 g/mol. The summed E-state index contributed by atoms with van der Waals surface area (Å²) in [5.41, 5.74) is -0.874. The second-order valence-corrected chi connectivity index (χ2v) is 7.62. The van der Waals surface area contributed by atoms with Crippen molar-refractivity contribution in [1.82, 2.24) is 9.88 Å². The highest BCUT2D eigenvalue weighted by Crippen LogP contribution is 2.34. The monoisotopic (exact) mass is 441 g/mol. The molecule has 1 aromatic carbocycles. The van der Waals surface area contributed by atoms with Gasteiger partial charge in [-0.3, -0.25) is 4.79 Å². The molecule has 0 atom stereocenters. The number of rotatable bonds is 6. The number of likely N-dealkylation sites (N-methyl/N-ethyl adjacent to an activating group) is 1. The fourth-order valence-corrected chi connectivity index (χ4v) is 3.68. The Kier molecular flexibility index (Phi) is 7.07. The van der Waals surface area contributed by atoms with Crippen LogP contribution in [0.5, 0.6) is 5.75 Å². The highest BCUT2D eigenvalue weighted by Gasteiger charge is 2.33. The van der Waals surface area contributed by atoms with E-state index >= 15 is 0 Å². The Hall–Kier alpha value is -2.48. The molecule has 0 bridgehead atoms. The van der Waals surface area contributed by atoms with E-state index in [0.717, 1.165) is 18.0 Å². The van der Waals surface area contributed by atoms with E-state index in [9.17, 15) is 18.0 Å². The van der Waals surface area contributed by atoms with Gasteiger partial charge in [0.1, 0.15) is 18.2 Å². The molecule has 3 rings (SSSR count). The molecule has 9 heteroatoms. The molecule has 0 radical (unpaired) electrons. The minimum atomic E-state index is -4.48. The molecule has 0 unspecified atom stereocenters. The number of pyridine rings is 1. The summed E-state index contributed by atoms with van der Waals surface area (Å²) in [6, 6.07) is 10.3. The molecule has 1 aliphatic rings. The van der Waals surface area contributed by atoms with Crippen molar-refractivity contribution in [2.24, 2.45) is 5.92 Å². The Labute approximate surface area is 178 Å². The standard InChI is InChI=1S/C21H23ClF3N3O2/c1-27(11-12-30-17-5-3-2-4-6-17)20(29)15-7-9-28(10-8-15)19-18(22)13-16(14-26-19)21(23,24)25/h2-6,13-15H,7-12H2,1H3. The number of amides is 1. The summed E-state index contributed by atoms with van der Waals surface area (Å²) < 4.78 is 44.0. The molecule has 1 amide bonds. The lowest BCUT2D eigenvalue weighted by atomic mass is 9.95. The van der Waals surface area contributed by atoms with Gasteiger partial charge in [-0.15, -0.1) is 0 Å². The third kappa shape index (κ3) is 5.56. The lowest BCUT2D eigenvalue weighted by molar-refractivity contribution is -0.138. The van der Waals surface area contributed by atoms with Crippen LogP contribution in [0.3, 0.4) is 0 Å². The molecular weight excluding hydrogens is 419 g/mol. The average Bonchev–Trinajstić information content (AvgIpc) is 2.73. The number of aromatic nitrogens is 1. The lowest BCUT2D eigenvalue weighted by Crippen LogP contribution is -2.42. The van der Waals surface area contributed by atoms with Gasteiger partial charge in [0.05, 0.1) is 17.1 Å². The topological polar surface area (TPSA) is 45.7 Å². The largest absolute Gasteiger partial charge is 0.492 e. The van der Waals surface area contributed by atoms with Crippen molar-refractivity contribution in [2.75, 3.05) is 38.2 Å². The SMILES string of the molecule is CN(CCOc1ccccc1)C(=O)C1CCN(c2ncc(C(F)(F)F)cc2Cl)CC1. The van der Waals surface area contributed by atoms with Crippen LogP contribution in [0.4, 0.5) is 19.0 Å². The molecule has 1 fully saturated rings. The van der Waals surface area contributed by atoms with Crippen LogP contribution >= 0.6 is 11.6 Å². The Morgan fingerprint density at radius 2 is 1.93 bits per heavy atom. The number of hydrogen-bond donors (Lipinski definition) is 0. The maximum atomic E-state index is 12.8. The number of halogens is 4. The summed E-state index contributed by atoms with van der Waals surface area (Å²) >= 11 is 6.03. The van der Waals surface area contributed by atoms with Crippen molar-refractivity contribution in [3.05, 3.63) is 53.2 Å². The summed E-state index contributed by atoms with van der Waals surface area (Å²) in [6.07, 6.45) is -2.52. The first-order chi connectivity index (χ1) is 14.3. The summed E-state index contributed by atoms with van der Waals surface area (Å²) in [6.45, 7) is 1.88. The maximum Gasteiger partial charge on any atom is 0.417 e. The minimum Gasteiger partial charge on any atom is -0.492 e. The van der Waals surface area contributed by atoms with Crippen LogP contribution in [0.25, 0.3) is 0 Å². The normalized spacial score (nSPS) is 15.2. The minimum absolute atomic E-state index is 0.0372. The van der Waals surface area contributed by atoms with Crippen molar-refractivity contribution in [3.63, 3.8) is 0 Å². The Bertz CT molecular complexity index is 856. The quantitative estimate of drug-likeness (QED) is 0.661. The molecule has 30 heavy (non-hydrogen) atoms. The van der Waals surface area contributed by atoms with Crippen molar-refractivity contribution < 1.29 is 22.7 Å². The van der Waals surface area contributed by atoms with Gasteiger partial charge >= 0.3 is 6.18 Å². The number of piperidine rings is 1. The van der Waals surface area contributed by atoms with Crippen molar-refractivity contribution >= 4 is 23.3 Å². The van der Waals surface area contributed by atoms with E-state index in [-0.39, 0.29) is 16.8 Å². The van der Waals surface area contributed by atoms with E-state index in [4.69, 9.17) is 16.3 Å². The van der Waals surface area contributed by atoms with E-state index < -0.39 is 11.7 Å². The molecule has 0 saturated carbocycles. The third-order valence-corrected chi connectivity index (χ3v) is 5.39. The number of alkyl halides is 3. The highest BCUT2D eigenvalue weighted by molar-refractivity contribution is 6.33. The Morgan fingerprint density at radius 1 is 1.27 bits per heavy atom. The fraction of sp³-hybridized carbons (Fsp3) is 0.429. The van der Waals surface area contributed by atoms with Crippen LogP contribution in [0.1, 0.15) is 18.4 Å². The van der Waals surface area contributed by atoms with Crippen molar-refractivity contribution in [1.29, 1.82) is 0 Å². The second kappa shape index (κ2) is 9.55. The van der Waals surface area contributed by atoms with Gasteiger partial charge in [0, 0.05) is 32.3 Å². The number of anilines is 1. The molecule has 1 saturated heterocycles. The Morgan fingerprint density at radius 3 is 2.53 bits per heavy atom. The summed E-state index contributed by atoms with van der Waals surface area (Å²) in [5.74, 6) is 0.974. The fourth-order valence-electron chi connectivity index (χ4n) is 3.40. The van der Waals surface area contributed by atoms with Crippen LogP contribution in [0, 0.1) is 5.92 Å². The van der Waals surface area contributed by atoms with Gasteiger partial charge in [0.2, 0.25) is 5.91 Å². The van der Waals surface area contributed by atoms with E-state index in [1.807, 2.05) is 35.2 Å². The van der Waals surface area contributed by atoms with Gasteiger partial charge in [-0.05, 0) is 31.0 Å². The number of hydrogen-bond acceptors (Lipinski definition) is 4. The number of benzene rings is 1. The first-order valence-corrected chi connectivity index (χ1v) is 10.0. The molecule has 0 N–H and O–H groups in total. The van der Waals surface area contributed by atoms with E-state index in [1.165, 1.54) is 0 Å². The summed E-state index contributed by atoms with van der Waals surface area (Å²) in [5, 5.41) is -0.0372. The molecular formula is C21H23ClF3N3O2. The van der Waals surface area contributed by atoms with Gasteiger partial charge in [-0.1, -0.05) is 29.8 Å². The number of para-hydroxylation sites is 1. The summed E-state index contributed by atoms with van der Waals surface area (Å²) in [7, 11) is 1.75. The van der Waals surface area contributed by atoms with Gasteiger partial charge in [-0.25, -0.2) is 4.98 Å². The number of ether oxygens (including phenoxy) is 1. The van der Waals surface area contributed by atoms with Crippen LogP contribution < -0.4 is 9.64 Å². The molecule has 0 spiro atoms. The number of carbonyl (C=O) groups is 1. The molecule has 2 heterocycles. The molecule has 1 aromatic heterocycles. The number of carbonyl (C=O) groups excluding carboxylic acids is 1. The zero-order valence-electron chi connectivity index (χ0n) is 16.5. The van der Waals surface area contributed by atoms with E-state index in [1.54, 1.807) is 11.9 Å². The smallest absolute Gasteiger partial charge is 0.417 e. The predicted octanol–water partition coefficient (Wildman–Crippen LogP) is 4.51.